The highest BCUT2D eigenvalue weighted by atomic mass is 19.1. The first-order valence-corrected chi connectivity index (χ1v) is 8.58. The molecule has 0 atom stereocenters. The molecule has 0 unspecified atom stereocenters. The minimum absolute atomic E-state index is 0.155. The van der Waals surface area contributed by atoms with Gasteiger partial charge in [0.05, 0.1) is 23.9 Å². The van der Waals surface area contributed by atoms with Crippen LogP contribution in [0.25, 0.3) is 33.4 Å². The lowest BCUT2D eigenvalue weighted by Crippen LogP contribution is -1.99. The van der Waals surface area contributed by atoms with Crippen LogP contribution in [0.3, 0.4) is 0 Å². The molecule has 2 heterocycles. The van der Waals surface area contributed by atoms with Crippen molar-refractivity contribution in [2.75, 3.05) is 7.11 Å². The lowest BCUT2D eigenvalue weighted by molar-refractivity contribution is 0.0699. The number of carboxylic acid groups (broad SMARTS) is 1. The largest absolute Gasteiger partial charge is 0.496 e. The maximum absolute atomic E-state index is 14.3. The van der Waals surface area contributed by atoms with Crippen LogP contribution in [0.1, 0.15) is 21.8 Å². The number of benzene rings is 2. The molecule has 0 aliphatic carbocycles. The van der Waals surface area contributed by atoms with E-state index < -0.39 is 17.6 Å². The number of methoxy groups -OCH3 is 1. The Morgan fingerprint density at radius 1 is 1.14 bits per heavy atom. The van der Waals surface area contributed by atoms with Crippen LogP contribution >= 0.6 is 0 Å². The van der Waals surface area contributed by atoms with E-state index in [1.54, 1.807) is 19.9 Å². The number of aromatic nitrogens is 1. The standard InChI is InChI=1S/C21H15F2NO5/c1-9-18(10(2)29-24-9)13-8-17-14(7-16(13)27-3)19(21(25)26)20(28-17)12-5-4-11(22)6-15(12)23/h4-8H,1-3H3,(H,25,26). The van der Waals surface area contributed by atoms with E-state index in [1.807, 2.05) is 0 Å². The van der Waals surface area contributed by atoms with Gasteiger partial charge in [0.15, 0.2) is 5.76 Å². The minimum atomic E-state index is -1.31. The average molecular weight is 399 g/mol. The van der Waals surface area contributed by atoms with Crippen LogP contribution in [0.2, 0.25) is 0 Å². The molecule has 0 fully saturated rings. The molecule has 2 aromatic carbocycles. The number of rotatable bonds is 4. The van der Waals surface area contributed by atoms with Crippen molar-refractivity contribution in [3.63, 3.8) is 0 Å². The van der Waals surface area contributed by atoms with Gasteiger partial charge in [0.1, 0.15) is 34.3 Å². The molecule has 8 heteroatoms. The number of aryl methyl sites for hydroxylation is 2. The zero-order valence-electron chi connectivity index (χ0n) is 15.7. The SMILES string of the molecule is COc1cc2c(C(=O)O)c(-c3ccc(F)cc3F)oc2cc1-c1c(C)noc1C. The number of furan rings is 1. The topological polar surface area (TPSA) is 85.7 Å². The van der Waals surface area contributed by atoms with Crippen molar-refractivity contribution >= 4 is 16.9 Å². The molecular weight excluding hydrogens is 384 g/mol. The maximum atomic E-state index is 14.3. The molecule has 6 nitrogen and oxygen atoms in total. The van der Waals surface area contributed by atoms with E-state index in [9.17, 15) is 18.7 Å². The van der Waals surface area contributed by atoms with E-state index in [0.717, 1.165) is 12.1 Å². The highest BCUT2D eigenvalue weighted by molar-refractivity contribution is 6.09. The molecule has 0 saturated heterocycles. The van der Waals surface area contributed by atoms with E-state index in [1.165, 1.54) is 13.2 Å². The molecule has 2 aromatic heterocycles. The van der Waals surface area contributed by atoms with Crippen molar-refractivity contribution < 1.29 is 32.4 Å². The predicted molar refractivity (Wildman–Crippen MR) is 100 cm³/mol. The summed E-state index contributed by atoms with van der Waals surface area (Å²) in [6, 6.07) is 5.95. The summed E-state index contributed by atoms with van der Waals surface area (Å²) >= 11 is 0. The molecule has 0 aliphatic heterocycles. The second-order valence-electron chi connectivity index (χ2n) is 6.48. The summed E-state index contributed by atoms with van der Waals surface area (Å²) < 4.78 is 44.0. The number of nitrogens with zero attached hydrogens (tertiary/aromatic N) is 1. The fourth-order valence-electron chi connectivity index (χ4n) is 3.43. The molecule has 4 rings (SSSR count). The van der Waals surface area contributed by atoms with Crippen molar-refractivity contribution in [3.8, 4) is 28.2 Å². The van der Waals surface area contributed by atoms with Gasteiger partial charge in [0.25, 0.3) is 0 Å². The van der Waals surface area contributed by atoms with Gasteiger partial charge in [-0.2, -0.15) is 0 Å². The highest BCUT2D eigenvalue weighted by Gasteiger charge is 2.26. The fourth-order valence-corrected chi connectivity index (χ4v) is 3.43. The molecule has 0 radical (unpaired) electrons. The molecule has 1 N–H and O–H groups in total. The number of fused-ring (bicyclic) bond motifs is 1. The molecule has 0 bridgehead atoms. The third-order valence-electron chi connectivity index (χ3n) is 4.70. The molecular formula is C21H15F2NO5. The van der Waals surface area contributed by atoms with Crippen molar-refractivity contribution in [1.82, 2.24) is 5.16 Å². The van der Waals surface area contributed by atoms with Crippen LogP contribution in [0.15, 0.2) is 39.3 Å². The van der Waals surface area contributed by atoms with Gasteiger partial charge in [-0.3, -0.25) is 0 Å². The van der Waals surface area contributed by atoms with Gasteiger partial charge in [0, 0.05) is 17.0 Å². The number of carboxylic acids is 1. The van der Waals surface area contributed by atoms with Crippen LogP contribution < -0.4 is 4.74 Å². The Kier molecular flexibility index (Phi) is 4.34. The van der Waals surface area contributed by atoms with E-state index in [-0.39, 0.29) is 27.9 Å². The minimum Gasteiger partial charge on any atom is -0.496 e. The first kappa shape index (κ1) is 18.7. The summed E-state index contributed by atoms with van der Waals surface area (Å²) in [5, 5.41) is 13.9. The quantitative estimate of drug-likeness (QED) is 0.497. The Balaban J connectivity index is 2.05. The van der Waals surface area contributed by atoms with Crippen molar-refractivity contribution in [2.45, 2.75) is 13.8 Å². The second-order valence-corrected chi connectivity index (χ2v) is 6.48. The van der Waals surface area contributed by atoms with Gasteiger partial charge in [-0.05, 0) is 38.1 Å². The lowest BCUT2D eigenvalue weighted by atomic mass is 9.99. The summed E-state index contributed by atoms with van der Waals surface area (Å²) in [6.45, 7) is 3.50. The highest BCUT2D eigenvalue weighted by Crippen LogP contribution is 2.42. The smallest absolute Gasteiger partial charge is 0.340 e. The first-order valence-electron chi connectivity index (χ1n) is 8.58. The van der Waals surface area contributed by atoms with Crippen LogP contribution in [-0.2, 0) is 0 Å². The Hall–Kier alpha value is -3.68. The Bertz CT molecular complexity index is 1250. The second kappa shape index (κ2) is 6.73. The Morgan fingerprint density at radius 2 is 1.90 bits per heavy atom. The number of aromatic carboxylic acids is 1. The Morgan fingerprint density at radius 3 is 2.48 bits per heavy atom. The van der Waals surface area contributed by atoms with Gasteiger partial charge in [0.2, 0.25) is 0 Å². The van der Waals surface area contributed by atoms with E-state index in [0.29, 0.717) is 34.4 Å². The zero-order valence-corrected chi connectivity index (χ0v) is 15.7. The van der Waals surface area contributed by atoms with Crippen molar-refractivity contribution in [3.05, 3.63) is 59.0 Å². The monoisotopic (exact) mass is 399 g/mol. The maximum Gasteiger partial charge on any atom is 0.340 e. The molecule has 0 spiro atoms. The van der Waals surface area contributed by atoms with Crippen LogP contribution in [0.5, 0.6) is 5.75 Å². The average Bonchev–Trinajstić information content (AvgIpc) is 3.19. The van der Waals surface area contributed by atoms with E-state index in [4.69, 9.17) is 13.7 Å². The van der Waals surface area contributed by atoms with Crippen LogP contribution in [0.4, 0.5) is 8.78 Å². The van der Waals surface area contributed by atoms with Crippen LogP contribution in [-0.4, -0.2) is 23.3 Å². The number of carbonyl (C=O) groups is 1. The molecule has 29 heavy (non-hydrogen) atoms. The Labute approximate surface area is 163 Å². The summed E-state index contributed by atoms with van der Waals surface area (Å²) in [5.41, 5.74) is 1.71. The van der Waals surface area contributed by atoms with Gasteiger partial charge in [-0.15, -0.1) is 0 Å². The first-order chi connectivity index (χ1) is 13.8. The number of hydrogen-bond donors (Lipinski definition) is 1. The molecule has 148 valence electrons. The third-order valence-corrected chi connectivity index (χ3v) is 4.70. The molecule has 4 aromatic rings. The molecule has 0 saturated carbocycles. The molecule has 0 amide bonds. The van der Waals surface area contributed by atoms with Gasteiger partial charge in [-0.25, -0.2) is 13.6 Å². The van der Waals surface area contributed by atoms with Crippen molar-refractivity contribution in [1.29, 1.82) is 0 Å². The normalized spacial score (nSPS) is 11.2. The van der Waals surface area contributed by atoms with E-state index in [2.05, 4.69) is 5.16 Å². The lowest BCUT2D eigenvalue weighted by Gasteiger charge is -2.08. The van der Waals surface area contributed by atoms with Crippen LogP contribution in [0, 0.1) is 25.5 Å². The number of hydrogen-bond acceptors (Lipinski definition) is 5. The predicted octanol–water partition coefficient (Wildman–Crippen LogP) is 5.36. The number of halogens is 2. The summed E-state index contributed by atoms with van der Waals surface area (Å²) in [6.07, 6.45) is 0. The summed E-state index contributed by atoms with van der Waals surface area (Å²) in [7, 11) is 1.45. The van der Waals surface area contributed by atoms with Gasteiger partial charge >= 0.3 is 5.97 Å². The zero-order chi connectivity index (χ0) is 20.9. The number of ether oxygens (including phenoxy) is 1. The summed E-state index contributed by atoms with van der Waals surface area (Å²) in [5.74, 6) is -2.29. The molecule has 0 aliphatic rings. The third kappa shape index (κ3) is 2.93. The summed E-state index contributed by atoms with van der Waals surface area (Å²) in [4.78, 5) is 11.9. The van der Waals surface area contributed by atoms with E-state index >= 15 is 0 Å². The fraction of sp³-hybridized carbons (Fsp3) is 0.143. The van der Waals surface area contributed by atoms with Crippen molar-refractivity contribution in [2.24, 2.45) is 0 Å². The van der Waals surface area contributed by atoms with Gasteiger partial charge in [-0.1, -0.05) is 5.16 Å². The van der Waals surface area contributed by atoms with Gasteiger partial charge < -0.3 is 18.8 Å².